The van der Waals surface area contributed by atoms with Crippen molar-refractivity contribution < 1.29 is 18.9 Å². The summed E-state index contributed by atoms with van der Waals surface area (Å²) in [5.41, 5.74) is 3.59. The minimum Gasteiger partial charge on any atom is -0.349 e. The molecule has 2 heterocycles. The summed E-state index contributed by atoms with van der Waals surface area (Å²) in [6, 6.07) is 7.86. The van der Waals surface area contributed by atoms with Gasteiger partial charge in [0.1, 0.15) is 0 Å². The van der Waals surface area contributed by atoms with Gasteiger partial charge in [-0.15, -0.1) is 0 Å². The lowest BCUT2D eigenvalue weighted by Crippen LogP contribution is -2.13. The zero-order valence-corrected chi connectivity index (χ0v) is 18.3. The number of ether oxygens (including phenoxy) is 4. The van der Waals surface area contributed by atoms with E-state index in [4.69, 9.17) is 18.9 Å². The molecule has 0 atom stereocenters. The Morgan fingerprint density at radius 1 is 0.667 bits per heavy atom. The third-order valence-electron chi connectivity index (χ3n) is 4.05. The predicted octanol–water partition coefficient (Wildman–Crippen LogP) is 4.97. The summed E-state index contributed by atoms with van der Waals surface area (Å²) in [6.07, 6.45) is 10.6. The average Bonchev–Trinajstić information content (AvgIpc) is 2.77. The van der Waals surface area contributed by atoms with Gasteiger partial charge in [0.25, 0.3) is 0 Å². The lowest BCUT2D eigenvalue weighted by molar-refractivity contribution is -0.103. The molecular weight excluding hydrogens is 380 g/mol. The first-order valence-corrected chi connectivity index (χ1v) is 10.4. The molecule has 0 aromatic carbocycles. The molecule has 2 aromatic heterocycles. The smallest absolute Gasteiger partial charge is 0.177 e. The van der Waals surface area contributed by atoms with Crippen molar-refractivity contribution in [3.8, 4) is 11.4 Å². The van der Waals surface area contributed by atoms with Crippen molar-refractivity contribution in [1.82, 2.24) is 9.97 Å². The number of nitrogens with zero attached hydrogens (tertiary/aromatic N) is 2. The maximum absolute atomic E-state index is 5.55. The van der Waals surface area contributed by atoms with Crippen molar-refractivity contribution in [3.05, 3.63) is 59.9 Å². The molecule has 0 unspecified atom stereocenters. The lowest BCUT2D eigenvalue weighted by atomic mass is 10.1. The van der Waals surface area contributed by atoms with E-state index in [2.05, 4.69) is 9.97 Å². The Kier molecular flexibility index (Phi) is 11.0. The highest BCUT2D eigenvalue weighted by molar-refractivity contribution is 5.63. The number of hydrogen-bond donors (Lipinski definition) is 0. The number of rotatable bonds is 13. The molecule has 2 rings (SSSR count). The van der Waals surface area contributed by atoms with Gasteiger partial charge in [-0.05, 0) is 75.2 Å². The molecule has 0 spiro atoms. The van der Waals surface area contributed by atoms with Gasteiger partial charge >= 0.3 is 0 Å². The van der Waals surface area contributed by atoms with Gasteiger partial charge in [-0.2, -0.15) is 0 Å². The van der Waals surface area contributed by atoms with Crippen molar-refractivity contribution in [1.29, 1.82) is 0 Å². The third-order valence-corrected chi connectivity index (χ3v) is 4.05. The van der Waals surface area contributed by atoms with E-state index in [0.29, 0.717) is 26.4 Å². The third kappa shape index (κ3) is 8.16. The van der Waals surface area contributed by atoms with E-state index in [1.807, 2.05) is 76.3 Å². The first-order valence-electron chi connectivity index (χ1n) is 10.4. The summed E-state index contributed by atoms with van der Waals surface area (Å²) in [5, 5.41) is 0. The van der Waals surface area contributed by atoms with Crippen molar-refractivity contribution in [2.45, 2.75) is 40.3 Å². The summed E-state index contributed by atoms with van der Waals surface area (Å²) in [4.78, 5) is 8.94. The van der Waals surface area contributed by atoms with Gasteiger partial charge in [-0.1, -0.05) is 12.2 Å². The van der Waals surface area contributed by atoms with Crippen LogP contribution in [0.4, 0.5) is 0 Å². The van der Waals surface area contributed by atoms with Crippen LogP contribution in [0.3, 0.4) is 0 Å². The van der Waals surface area contributed by atoms with Crippen LogP contribution in [0.2, 0.25) is 0 Å². The molecule has 0 aliphatic heterocycles. The molecule has 30 heavy (non-hydrogen) atoms. The van der Waals surface area contributed by atoms with Crippen molar-refractivity contribution >= 4 is 12.2 Å². The Hall–Kier alpha value is -2.38. The first kappa shape index (κ1) is 23.9. The van der Waals surface area contributed by atoms with E-state index in [1.54, 1.807) is 12.4 Å². The molecule has 6 heteroatoms. The zero-order valence-electron chi connectivity index (χ0n) is 18.3. The van der Waals surface area contributed by atoms with Crippen LogP contribution >= 0.6 is 0 Å². The molecule has 0 bridgehead atoms. The van der Waals surface area contributed by atoms with Crippen LogP contribution in [0.25, 0.3) is 23.5 Å². The molecule has 0 aliphatic carbocycles. The monoisotopic (exact) mass is 412 g/mol. The van der Waals surface area contributed by atoms with E-state index >= 15 is 0 Å². The second-order valence-electron chi connectivity index (χ2n) is 6.23. The minimum atomic E-state index is -0.355. The topological polar surface area (TPSA) is 62.7 Å². The van der Waals surface area contributed by atoms with Crippen LogP contribution in [0.5, 0.6) is 0 Å². The normalized spacial score (nSPS) is 12.1. The Labute approximate surface area is 179 Å². The molecule has 0 saturated heterocycles. The van der Waals surface area contributed by atoms with E-state index < -0.39 is 0 Å². The quantitative estimate of drug-likeness (QED) is 0.433. The van der Waals surface area contributed by atoms with Crippen LogP contribution in [0, 0.1) is 0 Å². The van der Waals surface area contributed by atoms with Gasteiger partial charge in [-0.25, -0.2) is 0 Å². The van der Waals surface area contributed by atoms with Crippen LogP contribution in [0.15, 0.2) is 48.8 Å². The fourth-order valence-electron chi connectivity index (χ4n) is 2.74. The van der Waals surface area contributed by atoms with Crippen molar-refractivity contribution in [3.63, 3.8) is 0 Å². The molecule has 2 aromatic rings. The van der Waals surface area contributed by atoms with Gasteiger partial charge in [-0.3, -0.25) is 9.97 Å². The molecule has 0 fully saturated rings. The van der Waals surface area contributed by atoms with Gasteiger partial charge in [0.2, 0.25) is 0 Å². The van der Waals surface area contributed by atoms with Gasteiger partial charge in [0.05, 0.1) is 11.4 Å². The van der Waals surface area contributed by atoms with Gasteiger partial charge in [0, 0.05) is 38.8 Å². The summed E-state index contributed by atoms with van der Waals surface area (Å²) in [5.74, 6) is 0. The predicted molar refractivity (Wildman–Crippen MR) is 120 cm³/mol. The number of pyridine rings is 2. The highest BCUT2D eigenvalue weighted by Gasteiger charge is 2.06. The Morgan fingerprint density at radius 2 is 1.03 bits per heavy atom. The molecule has 0 saturated carbocycles. The maximum Gasteiger partial charge on any atom is 0.177 e. The fourth-order valence-corrected chi connectivity index (χ4v) is 2.74. The Bertz CT molecular complexity index is 728. The SMILES string of the molecule is CCOC(/C=C\c1ccnc(-c2cc(/C=C\C(OCC)OCC)ccn2)c1)OCC. The number of hydrogen-bond acceptors (Lipinski definition) is 6. The summed E-state index contributed by atoms with van der Waals surface area (Å²) >= 11 is 0. The molecule has 6 nitrogen and oxygen atoms in total. The van der Waals surface area contributed by atoms with E-state index in [0.717, 1.165) is 22.5 Å². The summed E-state index contributed by atoms with van der Waals surface area (Å²) in [7, 11) is 0. The molecule has 0 aliphatic rings. The van der Waals surface area contributed by atoms with Gasteiger partial charge in [0.15, 0.2) is 12.6 Å². The van der Waals surface area contributed by atoms with Crippen molar-refractivity contribution in [2.75, 3.05) is 26.4 Å². The van der Waals surface area contributed by atoms with Gasteiger partial charge < -0.3 is 18.9 Å². The summed E-state index contributed by atoms with van der Waals surface area (Å²) in [6.45, 7) is 10.2. The van der Waals surface area contributed by atoms with Crippen LogP contribution in [-0.2, 0) is 18.9 Å². The van der Waals surface area contributed by atoms with Crippen LogP contribution in [-0.4, -0.2) is 49.0 Å². The lowest BCUT2D eigenvalue weighted by Gasteiger charge is -2.12. The second-order valence-corrected chi connectivity index (χ2v) is 6.23. The standard InChI is InChI=1S/C24H32N2O4/c1-5-27-23(28-6-2)11-9-19-13-15-25-21(17-19)22-18-20(14-16-26-22)10-12-24(29-7-3)30-8-4/h9-18,23-24H,5-8H2,1-4H3/b11-9-,12-10-. The van der Waals surface area contributed by atoms with E-state index in [1.165, 1.54) is 0 Å². The zero-order chi connectivity index (χ0) is 21.6. The fraction of sp³-hybridized carbons (Fsp3) is 0.417. The van der Waals surface area contributed by atoms with E-state index in [9.17, 15) is 0 Å². The maximum atomic E-state index is 5.55. The molecule has 0 amide bonds. The molecule has 0 N–H and O–H groups in total. The Balaban J connectivity index is 2.16. The number of aromatic nitrogens is 2. The molecular formula is C24H32N2O4. The highest BCUT2D eigenvalue weighted by atomic mass is 16.7. The average molecular weight is 413 g/mol. The van der Waals surface area contributed by atoms with E-state index in [-0.39, 0.29) is 12.6 Å². The first-order chi connectivity index (χ1) is 14.7. The second kappa shape index (κ2) is 13.8. The Morgan fingerprint density at radius 3 is 1.37 bits per heavy atom. The highest BCUT2D eigenvalue weighted by Crippen LogP contribution is 2.19. The van der Waals surface area contributed by atoms with Crippen LogP contribution in [0.1, 0.15) is 38.8 Å². The van der Waals surface area contributed by atoms with Crippen molar-refractivity contribution in [2.24, 2.45) is 0 Å². The summed E-state index contributed by atoms with van der Waals surface area (Å²) < 4.78 is 22.2. The largest absolute Gasteiger partial charge is 0.349 e. The minimum absolute atomic E-state index is 0.355. The molecule has 0 radical (unpaired) electrons. The molecule has 162 valence electrons. The van der Waals surface area contributed by atoms with Crippen LogP contribution < -0.4 is 0 Å².